The molecule has 2 aromatic carbocycles. The van der Waals surface area contributed by atoms with E-state index in [-0.39, 0.29) is 0 Å². The number of methoxy groups -OCH3 is 2. The number of fused-ring (bicyclic) bond motifs is 3. The maximum Gasteiger partial charge on any atom is 0.161 e. The van der Waals surface area contributed by atoms with Gasteiger partial charge in [0.15, 0.2) is 11.5 Å². The van der Waals surface area contributed by atoms with Crippen LogP contribution in [0, 0.1) is 5.92 Å². The van der Waals surface area contributed by atoms with E-state index >= 15 is 0 Å². The number of rotatable bonds is 2. The monoisotopic (exact) mass is 268 g/mol. The average molecular weight is 268 g/mol. The van der Waals surface area contributed by atoms with Crippen LogP contribution < -0.4 is 9.47 Å². The first kappa shape index (κ1) is 13.0. The molecule has 0 heterocycles. The zero-order chi connectivity index (χ0) is 14.1. The molecule has 2 aromatic rings. The molecule has 0 fully saturated rings. The molecule has 0 radical (unpaired) electrons. The Kier molecular flexibility index (Phi) is 3.39. The van der Waals surface area contributed by atoms with Crippen molar-refractivity contribution < 1.29 is 9.47 Å². The molecule has 0 saturated heterocycles. The molecular formula is C18H20O2. The van der Waals surface area contributed by atoms with Crippen molar-refractivity contribution in [3.8, 4) is 22.6 Å². The molecule has 104 valence electrons. The Morgan fingerprint density at radius 1 is 0.850 bits per heavy atom. The van der Waals surface area contributed by atoms with Gasteiger partial charge in [-0.15, -0.1) is 0 Å². The fourth-order valence-electron chi connectivity index (χ4n) is 3.12. The molecule has 0 aliphatic heterocycles. The highest BCUT2D eigenvalue weighted by atomic mass is 16.5. The van der Waals surface area contributed by atoms with Gasteiger partial charge in [0.1, 0.15) is 0 Å². The van der Waals surface area contributed by atoms with Crippen molar-refractivity contribution in [3.05, 3.63) is 47.5 Å². The Morgan fingerprint density at radius 3 is 2.25 bits per heavy atom. The van der Waals surface area contributed by atoms with Crippen LogP contribution in [0.25, 0.3) is 11.1 Å². The van der Waals surface area contributed by atoms with E-state index in [1.165, 1.54) is 22.3 Å². The second kappa shape index (κ2) is 5.20. The van der Waals surface area contributed by atoms with Crippen LogP contribution in [0.3, 0.4) is 0 Å². The molecule has 0 spiro atoms. The molecular weight excluding hydrogens is 248 g/mol. The minimum atomic E-state index is 0.635. The van der Waals surface area contributed by atoms with Crippen molar-refractivity contribution in [2.24, 2.45) is 5.92 Å². The Bertz CT molecular complexity index is 631. The van der Waals surface area contributed by atoms with Crippen molar-refractivity contribution >= 4 is 0 Å². The Balaban J connectivity index is 2.24. The lowest BCUT2D eigenvalue weighted by molar-refractivity contribution is 0.354. The average Bonchev–Trinajstić information content (AvgIpc) is 2.60. The number of benzene rings is 2. The van der Waals surface area contributed by atoms with Gasteiger partial charge in [-0.2, -0.15) is 0 Å². The zero-order valence-electron chi connectivity index (χ0n) is 12.3. The standard InChI is InChI=1S/C18H20O2/c1-12-8-13-6-4-5-7-15(13)16-11-18(20-3)17(19-2)10-14(16)9-12/h4-7,10-12H,8-9H2,1-3H3. The number of ether oxygens (including phenoxy) is 2. The highest BCUT2D eigenvalue weighted by molar-refractivity contribution is 5.74. The van der Waals surface area contributed by atoms with Crippen molar-refractivity contribution in [1.29, 1.82) is 0 Å². The Morgan fingerprint density at radius 2 is 1.50 bits per heavy atom. The molecule has 1 aliphatic rings. The normalized spacial score (nSPS) is 16.9. The van der Waals surface area contributed by atoms with Gasteiger partial charge in [-0.25, -0.2) is 0 Å². The maximum atomic E-state index is 5.46. The van der Waals surface area contributed by atoms with Gasteiger partial charge in [0.2, 0.25) is 0 Å². The molecule has 0 aromatic heterocycles. The molecule has 2 nitrogen and oxygen atoms in total. The van der Waals surface area contributed by atoms with E-state index in [0.29, 0.717) is 5.92 Å². The van der Waals surface area contributed by atoms with E-state index in [1.807, 2.05) is 0 Å². The van der Waals surface area contributed by atoms with Crippen LogP contribution in [0.5, 0.6) is 11.5 Å². The highest BCUT2D eigenvalue weighted by Gasteiger charge is 2.20. The summed E-state index contributed by atoms with van der Waals surface area (Å²) in [6, 6.07) is 12.9. The van der Waals surface area contributed by atoms with Crippen molar-refractivity contribution in [2.75, 3.05) is 14.2 Å². The van der Waals surface area contributed by atoms with E-state index in [1.54, 1.807) is 14.2 Å². The third-order valence-electron chi connectivity index (χ3n) is 4.05. The molecule has 1 unspecified atom stereocenters. The first-order chi connectivity index (χ1) is 9.72. The first-order valence-corrected chi connectivity index (χ1v) is 7.06. The van der Waals surface area contributed by atoms with Crippen LogP contribution in [0.1, 0.15) is 18.1 Å². The van der Waals surface area contributed by atoms with E-state index < -0.39 is 0 Å². The van der Waals surface area contributed by atoms with Crippen molar-refractivity contribution in [2.45, 2.75) is 19.8 Å². The van der Waals surface area contributed by atoms with Gasteiger partial charge >= 0.3 is 0 Å². The van der Waals surface area contributed by atoms with Crippen LogP contribution in [0.15, 0.2) is 36.4 Å². The fraction of sp³-hybridized carbons (Fsp3) is 0.333. The molecule has 3 rings (SSSR count). The smallest absolute Gasteiger partial charge is 0.161 e. The zero-order valence-corrected chi connectivity index (χ0v) is 12.3. The quantitative estimate of drug-likeness (QED) is 0.816. The first-order valence-electron chi connectivity index (χ1n) is 7.06. The summed E-state index contributed by atoms with van der Waals surface area (Å²) in [5.41, 5.74) is 5.38. The molecule has 2 heteroatoms. The summed E-state index contributed by atoms with van der Waals surface area (Å²) in [6.45, 7) is 2.31. The van der Waals surface area contributed by atoms with E-state index in [2.05, 4.69) is 43.3 Å². The predicted octanol–water partition coefficient (Wildman–Crippen LogP) is 4.11. The maximum absolute atomic E-state index is 5.46. The van der Waals surface area contributed by atoms with Gasteiger partial charge in [0, 0.05) is 0 Å². The molecule has 0 bridgehead atoms. The molecule has 1 aliphatic carbocycles. The Hall–Kier alpha value is -1.96. The second-order valence-electron chi connectivity index (χ2n) is 5.53. The summed E-state index contributed by atoms with van der Waals surface area (Å²) in [7, 11) is 3.38. The summed E-state index contributed by atoms with van der Waals surface area (Å²) in [5, 5.41) is 0. The predicted molar refractivity (Wildman–Crippen MR) is 81.6 cm³/mol. The van der Waals surface area contributed by atoms with Crippen LogP contribution in [0.2, 0.25) is 0 Å². The van der Waals surface area contributed by atoms with Gasteiger partial charge in [0.25, 0.3) is 0 Å². The van der Waals surface area contributed by atoms with Crippen LogP contribution in [-0.4, -0.2) is 14.2 Å². The van der Waals surface area contributed by atoms with Gasteiger partial charge in [-0.3, -0.25) is 0 Å². The minimum Gasteiger partial charge on any atom is -0.493 e. The molecule has 20 heavy (non-hydrogen) atoms. The molecule has 0 amide bonds. The van der Waals surface area contributed by atoms with Crippen LogP contribution in [0.4, 0.5) is 0 Å². The van der Waals surface area contributed by atoms with Gasteiger partial charge < -0.3 is 9.47 Å². The summed E-state index contributed by atoms with van der Waals surface area (Å²) >= 11 is 0. The van der Waals surface area contributed by atoms with E-state index in [4.69, 9.17) is 9.47 Å². The van der Waals surface area contributed by atoms with E-state index in [0.717, 1.165) is 24.3 Å². The second-order valence-corrected chi connectivity index (χ2v) is 5.53. The van der Waals surface area contributed by atoms with Gasteiger partial charge in [-0.05, 0) is 53.1 Å². The van der Waals surface area contributed by atoms with E-state index in [9.17, 15) is 0 Å². The fourth-order valence-corrected chi connectivity index (χ4v) is 3.12. The third kappa shape index (κ3) is 2.15. The summed E-state index contributed by atoms with van der Waals surface area (Å²) in [5.74, 6) is 2.25. The lowest BCUT2D eigenvalue weighted by atomic mass is 9.96. The largest absolute Gasteiger partial charge is 0.493 e. The lowest BCUT2D eigenvalue weighted by Gasteiger charge is -2.14. The van der Waals surface area contributed by atoms with Gasteiger partial charge in [0.05, 0.1) is 14.2 Å². The molecule has 1 atom stereocenters. The topological polar surface area (TPSA) is 18.5 Å². The Labute approximate surface area is 120 Å². The van der Waals surface area contributed by atoms with Gasteiger partial charge in [-0.1, -0.05) is 31.2 Å². The summed E-state index contributed by atoms with van der Waals surface area (Å²) < 4.78 is 10.9. The van der Waals surface area contributed by atoms with Crippen molar-refractivity contribution in [3.63, 3.8) is 0 Å². The lowest BCUT2D eigenvalue weighted by Crippen LogP contribution is -2.01. The number of hydrogen-bond donors (Lipinski definition) is 0. The van der Waals surface area contributed by atoms with Crippen LogP contribution in [-0.2, 0) is 12.8 Å². The summed E-state index contributed by atoms with van der Waals surface area (Å²) in [4.78, 5) is 0. The van der Waals surface area contributed by atoms with Crippen molar-refractivity contribution in [1.82, 2.24) is 0 Å². The third-order valence-corrected chi connectivity index (χ3v) is 4.05. The SMILES string of the molecule is COc1cc2c(cc1OC)-c1ccccc1CC(C)C2. The highest BCUT2D eigenvalue weighted by Crippen LogP contribution is 2.40. The minimum absolute atomic E-state index is 0.635. The molecule has 0 N–H and O–H groups in total. The number of hydrogen-bond acceptors (Lipinski definition) is 2. The molecule has 0 saturated carbocycles. The summed E-state index contributed by atoms with van der Waals surface area (Å²) in [6.07, 6.45) is 2.19. The van der Waals surface area contributed by atoms with Crippen LogP contribution >= 0.6 is 0 Å².